The molecule has 12 nitrogen and oxygen atoms in total. The first-order valence-corrected chi connectivity index (χ1v) is 26.7. The Labute approximate surface area is 386 Å². The largest absolute Gasteiger partial charge is 0.396 e. The van der Waals surface area contributed by atoms with E-state index in [1.807, 2.05) is 31.1 Å². The molecule has 0 bridgehead atoms. The molecule has 3 fully saturated rings. The highest BCUT2D eigenvalue weighted by Gasteiger charge is 2.25. The van der Waals surface area contributed by atoms with Gasteiger partial charge in [-0.15, -0.1) is 0 Å². The SMILES string of the molecule is C.C.C.C.CCCCCCOP(=O)(Cl)Cl.CCCCCCOP(C)(=O)OCC1CCC(COC)CC1.CN(C)c1ccncc1.CN1CCOCC1.OCC1CCC(O)CC1. The number of rotatable bonds is 19. The van der Waals surface area contributed by atoms with Crippen molar-refractivity contribution < 1.29 is 42.4 Å². The average molecular weight is 957 g/mol. The van der Waals surface area contributed by atoms with E-state index < -0.39 is 13.7 Å². The van der Waals surface area contributed by atoms with Gasteiger partial charge in [-0.3, -0.25) is 14.1 Å². The molecular weight excluding hydrogens is 859 g/mol. The summed E-state index contributed by atoms with van der Waals surface area (Å²) in [5, 5.41) is 17.7. The molecule has 0 radical (unpaired) electrons. The maximum Gasteiger partial charge on any atom is 0.380 e. The van der Waals surface area contributed by atoms with E-state index in [4.69, 9.17) is 51.2 Å². The van der Waals surface area contributed by atoms with Gasteiger partial charge >= 0.3 is 13.7 Å². The van der Waals surface area contributed by atoms with E-state index >= 15 is 0 Å². The van der Waals surface area contributed by atoms with Gasteiger partial charge in [-0.1, -0.05) is 82.1 Å². The predicted molar refractivity (Wildman–Crippen MR) is 265 cm³/mol. The van der Waals surface area contributed by atoms with Crippen molar-refractivity contribution in [3.05, 3.63) is 24.5 Å². The van der Waals surface area contributed by atoms with Crippen molar-refractivity contribution in [2.75, 3.05) is 99.2 Å². The third kappa shape index (κ3) is 44.6. The maximum atomic E-state index is 12.2. The number of aliphatic hydroxyl groups is 2. The van der Waals surface area contributed by atoms with Crippen molar-refractivity contribution in [1.29, 1.82) is 0 Å². The lowest BCUT2D eigenvalue weighted by Gasteiger charge is -2.28. The molecule has 4 rings (SSSR count). The van der Waals surface area contributed by atoms with Crippen molar-refractivity contribution in [2.24, 2.45) is 17.8 Å². The van der Waals surface area contributed by atoms with E-state index in [9.17, 15) is 9.13 Å². The van der Waals surface area contributed by atoms with Crippen LogP contribution >= 0.6 is 36.2 Å². The summed E-state index contributed by atoms with van der Waals surface area (Å²) in [6.07, 6.45) is 17.4. The first-order chi connectivity index (χ1) is 27.2. The van der Waals surface area contributed by atoms with Crippen molar-refractivity contribution in [3.63, 3.8) is 0 Å². The van der Waals surface area contributed by atoms with Crippen molar-refractivity contribution in [3.8, 4) is 0 Å². The summed E-state index contributed by atoms with van der Waals surface area (Å²) in [6.45, 7) is 12.6. The number of halogens is 2. The second-order valence-electron chi connectivity index (χ2n) is 15.5. The summed E-state index contributed by atoms with van der Waals surface area (Å²) in [5.41, 5.74) is 1.19. The van der Waals surface area contributed by atoms with Crippen LogP contribution in [0.3, 0.4) is 0 Å². The fourth-order valence-corrected chi connectivity index (χ4v) is 7.93. The fraction of sp³-hybridized carbons (Fsp3) is 0.889. The third-order valence-corrected chi connectivity index (χ3v) is 12.3. The lowest BCUT2D eigenvalue weighted by molar-refractivity contribution is 0.0503. The normalized spacial score (nSPS) is 20.6. The van der Waals surface area contributed by atoms with Gasteiger partial charge in [0.15, 0.2) is 0 Å². The summed E-state index contributed by atoms with van der Waals surface area (Å²) >= 11 is 10.3. The van der Waals surface area contributed by atoms with Crippen LogP contribution in [0.1, 0.15) is 146 Å². The van der Waals surface area contributed by atoms with Crippen LogP contribution in [0.25, 0.3) is 0 Å². The monoisotopic (exact) mass is 956 g/mol. The van der Waals surface area contributed by atoms with Crippen molar-refractivity contribution in [1.82, 2.24) is 9.88 Å². The summed E-state index contributed by atoms with van der Waals surface area (Å²) in [5.74, 6) is 1.68. The first kappa shape index (κ1) is 69.7. The second kappa shape index (κ2) is 44.9. The van der Waals surface area contributed by atoms with Crippen LogP contribution in [0.15, 0.2) is 24.5 Å². The smallest absolute Gasteiger partial charge is 0.380 e. The van der Waals surface area contributed by atoms with Crippen LogP contribution < -0.4 is 4.90 Å². The Bertz CT molecular complexity index is 1120. The molecule has 1 saturated heterocycles. The van der Waals surface area contributed by atoms with Crippen molar-refractivity contribution in [2.45, 2.75) is 152 Å². The minimum Gasteiger partial charge on any atom is -0.396 e. The highest BCUT2D eigenvalue weighted by atomic mass is 35.9. The molecule has 1 aromatic rings. The Morgan fingerprint density at radius 3 is 1.59 bits per heavy atom. The fourth-order valence-electron chi connectivity index (χ4n) is 6.16. The zero-order valence-corrected chi connectivity index (χ0v) is 39.8. The molecule has 1 unspecified atom stereocenters. The van der Waals surface area contributed by atoms with E-state index in [0.717, 1.165) is 104 Å². The predicted octanol–water partition coefficient (Wildman–Crippen LogP) is 13.2. The molecule has 0 aromatic carbocycles. The number of aliphatic hydroxyl groups excluding tert-OH is 2. The maximum absolute atomic E-state index is 12.2. The standard InChI is InChI=1S/C16H33O4P.C7H10N2.C7H14O2.C6H13Cl2O2P.C5H11NO.4CH4/c1-4-5-6-7-12-19-21(3,17)20-14-16-10-8-15(9-11-16)13-18-2;1-9(2)7-3-5-8-6-4-7;8-5-6-1-3-7(9)4-2-6;1-2-3-4-5-6-10-11(7,8)9;1-6-2-4-7-5-3-6;;;;/h15-16H,4-14H2,1-3H3;3-6H,1-2H3;6-9H,1-5H2;2-6H2,1H3;2-5H2,1H3;4*1H4. The molecule has 1 aliphatic heterocycles. The molecule has 2 heterocycles. The number of unbranched alkanes of at least 4 members (excludes halogenated alkanes) is 6. The zero-order chi connectivity index (χ0) is 42.8. The molecule has 3 aliphatic rings. The highest BCUT2D eigenvalue weighted by Crippen LogP contribution is 2.57. The number of nitrogens with zero attached hydrogens (tertiary/aromatic N) is 3. The van der Waals surface area contributed by atoms with Crippen LogP contribution in [0.4, 0.5) is 5.69 Å². The molecule has 2 aliphatic carbocycles. The number of aromatic nitrogens is 1. The lowest BCUT2D eigenvalue weighted by atomic mass is 9.83. The van der Waals surface area contributed by atoms with Crippen LogP contribution in [0, 0.1) is 17.8 Å². The molecule has 1 atom stereocenters. The van der Waals surface area contributed by atoms with E-state index in [1.165, 1.54) is 37.8 Å². The summed E-state index contributed by atoms with van der Waals surface area (Å²) < 4.78 is 48.7. The third-order valence-electron chi connectivity index (χ3n) is 9.96. The van der Waals surface area contributed by atoms with Crippen LogP contribution in [-0.4, -0.2) is 120 Å². The van der Waals surface area contributed by atoms with Gasteiger partial charge in [0, 0.05) is 72.3 Å². The minimum atomic E-state index is -3.27. The Kier molecular flexibility index (Phi) is 51.3. The topological polar surface area (TPSA) is 140 Å². The van der Waals surface area contributed by atoms with Gasteiger partial charge in [-0.2, -0.15) is 0 Å². The molecule has 0 amide bonds. The molecule has 0 spiro atoms. The van der Waals surface area contributed by atoms with E-state index in [0.29, 0.717) is 44.2 Å². The number of morpholine rings is 1. The number of likely N-dealkylation sites (N-methyl/N-ethyl adjacent to an activating group) is 1. The molecule has 1 aromatic heterocycles. The molecule has 16 heteroatoms. The molecule has 2 N–H and O–H groups in total. The number of ether oxygens (including phenoxy) is 2. The lowest BCUT2D eigenvalue weighted by Crippen LogP contribution is -2.32. The number of pyridine rings is 1. The van der Waals surface area contributed by atoms with Gasteiger partial charge in [0.25, 0.3) is 0 Å². The minimum absolute atomic E-state index is 0. The Balaban J connectivity index is -0.000000224. The van der Waals surface area contributed by atoms with Crippen LogP contribution in [-0.2, 0) is 32.2 Å². The Hall–Kier alpha value is -0.330. The molecule has 2 saturated carbocycles. The van der Waals surface area contributed by atoms with Gasteiger partial charge < -0.3 is 43.1 Å². The van der Waals surface area contributed by atoms with E-state index in [2.05, 4.69) is 35.3 Å². The van der Waals surface area contributed by atoms with E-state index in [-0.39, 0.29) is 35.8 Å². The first-order valence-electron chi connectivity index (χ1n) is 21.3. The number of hydrogen-bond donors (Lipinski definition) is 2. The van der Waals surface area contributed by atoms with Crippen LogP contribution in [0.5, 0.6) is 0 Å². The molecular formula is C45H97Cl2N3O9P2. The summed E-state index contributed by atoms with van der Waals surface area (Å²) in [4.78, 5) is 8.21. The average Bonchev–Trinajstić information content (AvgIpc) is 3.19. The van der Waals surface area contributed by atoms with Gasteiger partial charge in [0.2, 0.25) is 0 Å². The number of anilines is 1. The highest BCUT2D eigenvalue weighted by molar-refractivity contribution is 8.05. The summed E-state index contributed by atoms with van der Waals surface area (Å²) in [7, 11) is 5.04. The Morgan fingerprint density at radius 2 is 1.21 bits per heavy atom. The number of hydrogen-bond acceptors (Lipinski definition) is 12. The zero-order valence-electron chi connectivity index (χ0n) is 36.5. The van der Waals surface area contributed by atoms with Gasteiger partial charge in [-0.25, -0.2) is 0 Å². The summed E-state index contributed by atoms with van der Waals surface area (Å²) in [6, 6.07) is 3.94. The Morgan fingerprint density at radius 1 is 0.754 bits per heavy atom. The molecule has 61 heavy (non-hydrogen) atoms. The van der Waals surface area contributed by atoms with E-state index in [1.54, 1.807) is 26.2 Å². The van der Waals surface area contributed by atoms with Gasteiger partial charge in [0.05, 0.1) is 39.1 Å². The van der Waals surface area contributed by atoms with Gasteiger partial charge in [-0.05, 0) is 124 Å². The van der Waals surface area contributed by atoms with Crippen molar-refractivity contribution >= 4 is 41.8 Å². The molecule has 370 valence electrons. The second-order valence-corrected chi connectivity index (χ2v) is 21.8. The van der Waals surface area contributed by atoms with Gasteiger partial charge in [0.1, 0.15) is 0 Å². The van der Waals surface area contributed by atoms with Crippen LogP contribution in [0.2, 0.25) is 0 Å². The quantitative estimate of drug-likeness (QED) is 0.101. The number of methoxy groups -OCH3 is 1.